The van der Waals surface area contributed by atoms with E-state index in [-0.39, 0.29) is 0 Å². The van der Waals surface area contributed by atoms with Gasteiger partial charge in [-0.15, -0.1) is 0 Å². The molecule has 0 aromatic carbocycles. The van der Waals surface area contributed by atoms with E-state index in [1.807, 2.05) is 0 Å². The van der Waals surface area contributed by atoms with Gasteiger partial charge in [-0.05, 0) is 0 Å². The summed E-state index contributed by atoms with van der Waals surface area (Å²) in [5.41, 5.74) is 0. The van der Waals surface area contributed by atoms with Crippen LogP contribution >= 0.6 is 0 Å². The summed E-state index contributed by atoms with van der Waals surface area (Å²) in [6.45, 7) is 9.01. The van der Waals surface area contributed by atoms with Crippen molar-refractivity contribution < 1.29 is 0 Å². The molecule has 0 saturated heterocycles. The zero-order valence-electron chi connectivity index (χ0n) is 9.72. The molecule has 78 valence electrons. The van der Waals surface area contributed by atoms with E-state index >= 15 is 0 Å². The molecular weight excluding hydrogens is 294 g/mol. The van der Waals surface area contributed by atoms with E-state index in [0.717, 1.165) is 0 Å². The summed E-state index contributed by atoms with van der Waals surface area (Å²) in [6, 6.07) is 0. The van der Waals surface area contributed by atoms with Crippen molar-refractivity contribution in [3.05, 3.63) is 0 Å². The Morgan fingerprint density at radius 2 is 0.929 bits per heavy atom. The van der Waals surface area contributed by atoms with Crippen molar-refractivity contribution >= 4 is 29.3 Å². The molecule has 0 spiro atoms. The quantitative estimate of drug-likeness (QED) is 0.552. The third-order valence-electron chi connectivity index (χ3n) is 2.02. The van der Waals surface area contributed by atoms with Crippen LogP contribution in [0.5, 0.6) is 0 Å². The van der Waals surface area contributed by atoms with Crippen molar-refractivity contribution in [3.8, 4) is 21.3 Å². The third-order valence-corrected chi connectivity index (χ3v) is 10.2. The molecule has 0 aromatic heterocycles. The van der Waals surface area contributed by atoms with Crippen molar-refractivity contribution in [2.24, 2.45) is 0 Å². The predicted molar refractivity (Wildman–Crippen MR) is 69.0 cm³/mol. The van der Waals surface area contributed by atoms with E-state index in [2.05, 4.69) is 49.0 Å². The van der Waals surface area contributed by atoms with Crippen LogP contribution in [0.2, 0.25) is 20.8 Å². The molecule has 0 unspecified atom stereocenters. The predicted octanol–water partition coefficient (Wildman–Crippen LogP) is 3.14. The second-order valence-corrected chi connectivity index (χ2v) is 13.6. The van der Waals surface area contributed by atoms with Crippen LogP contribution in [-0.4, -0.2) is 29.3 Å². The Hall–Kier alpha value is 0.237. The van der Waals surface area contributed by atoms with Gasteiger partial charge in [0, 0.05) is 0 Å². The van der Waals surface area contributed by atoms with Crippen molar-refractivity contribution in [1.82, 2.24) is 0 Å². The SMILES string of the molecule is CC[As](C#CC#C[As](CC)CC)CC. The van der Waals surface area contributed by atoms with Crippen molar-refractivity contribution in [3.63, 3.8) is 0 Å². The molecule has 0 aliphatic rings. The van der Waals surface area contributed by atoms with Gasteiger partial charge in [0.1, 0.15) is 0 Å². The molecule has 0 aromatic rings. The normalized spacial score (nSPS) is 9.29. The van der Waals surface area contributed by atoms with Crippen molar-refractivity contribution in [2.45, 2.75) is 48.5 Å². The Labute approximate surface area is 98.8 Å². The molecule has 0 aliphatic heterocycles. The van der Waals surface area contributed by atoms with Crippen molar-refractivity contribution in [1.29, 1.82) is 0 Å². The summed E-state index contributed by atoms with van der Waals surface area (Å²) in [6.07, 6.45) is 0. The van der Waals surface area contributed by atoms with Gasteiger partial charge in [0.05, 0.1) is 0 Å². The topological polar surface area (TPSA) is 0 Å². The minimum absolute atomic E-state index is 0.784. The van der Waals surface area contributed by atoms with Crippen LogP contribution in [0.1, 0.15) is 27.7 Å². The standard InChI is InChI=1S/C12H20As2/c1-5-13(6-2)11-9-10-12-14(7-3)8-4/h5-8H2,1-4H3. The first-order valence-corrected chi connectivity index (χ1v) is 12.5. The van der Waals surface area contributed by atoms with E-state index in [1.54, 1.807) is 0 Å². The van der Waals surface area contributed by atoms with Crippen LogP contribution < -0.4 is 0 Å². The maximum atomic E-state index is 3.37. The van der Waals surface area contributed by atoms with Gasteiger partial charge in [-0.2, -0.15) is 0 Å². The third kappa shape index (κ3) is 6.66. The molecule has 0 heterocycles. The second-order valence-electron chi connectivity index (χ2n) is 2.82. The molecule has 0 saturated carbocycles. The van der Waals surface area contributed by atoms with Gasteiger partial charge in [-0.1, -0.05) is 0 Å². The molecule has 14 heavy (non-hydrogen) atoms. The van der Waals surface area contributed by atoms with Gasteiger partial charge in [0.2, 0.25) is 0 Å². The number of rotatable bonds is 4. The van der Waals surface area contributed by atoms with Crippen LogP contribution in [-0.2, 0) is 0 Å². The fourth-order valence-electron chi connectivity index (χ4n) is 0.977. The van der Waals surface area contributed by atoms with Crippen LogP contribution in [0.3, 0.4) is 0 Å². The average Bonchev–Trinajstić information content (AvgIpc) is 2.24. The van der Waals surface area contributed by atoms with E-state index in [0.29, 0.717) is 0 Å². The van der Waals surface area contributed by atoms with Gasteiger partial charge < -0.3 is 0 Å². The fraction of sp³-hybridized carbons (Fsp3) is 0.667. The van der Waals surface area contributed by atoms with Crippen LogP contribution in [0, 0.1) is 21.3 Å². The van der Waals surface area contributed by atoms with Crippen LogP contribution in [0.4, 0.5) is 0 Å². The molecule has 0 radical (unpaired) electrons. The van der Waals surface area contributed by atoms with Gasteiger partial charge in [0.15, 0.2) is 0 Å². The summed E-state index contributed by atoms with van der Waals surface area (Å²) in [7, 11) is 0. The summed E-state index contributed by atoms with van der Waals surface area (Å²) < 4.78 is 6.74. The van der Waals surface area contributed by atoms with E-state index < -0.39 is 29.3 Å². The molecule has 0 rings (SSSR count). The zero-order chi connectivity index (χ0) is 10.8. The molecule has 0 bridgehead atoms. The summed E-state index contributed by atoms with van der Waals surface area (Å²) in [4.78, 5) is 0. The Bertz CT molecular complexity index is 213. The Morgan fingerprint density at radius 3 is 1.14 bits per heavy atom. The summed E-state index contributed by atoms with van der Waals surface area (Å²) >= 11 is -1.57. The maximum absolute atomic E-state index is 3.37. The van der Waals surface area contributed by atoms with E-state index in [1.165, 1.54) is 20.8 Å². The first kappa shape index (κ1) is 14.2. The molecule has 0 aliphatic carbocycles. The number of hydrogen-bond acceptors (Lipinski definition) is 0. The van der Waals surface area contributed by atoms with Gasteiger partial charge >= 0.3 is 99.1 Å². The number of hydrogen-bond donors (Lipinski definition) is 0. The first-order valence-electron chi connectivity index (χ1n) is 5.29. The van der Waals surface area contributed by atoms with Crippen molar-refractivity contribution in [2.75, 3.05) is 0 Å². The Balaban J connectivity index is 4.11. The molecule has 0 N–H and O–H groups in total. The minimum atomic E-state index is -0.784. The molecule has 0 fully saturated rings. The van der Waals surface area contributed by atoms with Gasteiger partial charge in [-0.25, -0.2) is 0 Å². The monoisotopic (exact) mass is 314 g/mol. The fourth-order valence-corrected chi connectivity index (χ4v) is 5.08. The molecular formula is C12H20As2. The summed E-state index contributed by atoms with van der Waals surface area (Å²) in [5, 5.41) is 5.17. The Morgan fingerprint density at radius 1 is 0.643 bits per heavy atom. The molecule has 0 amide bonds. The van der Waals surface area contributed by atoms with E-state index in [9.17, 15) is 0 Å². The summed E-state index contributed by atoms with van der Waals surface area (Å²) in [5.74, 6) is 6.15. The molecule has 2 heteroatoms. The Kier molecular flexibility index (Phi) is 9.94. The molecule has 0 atom stereocenters. The van der Waals surface area contributed by atoms with Gasteiger partial charge in [-0.3, -0.25) is 0 Å². The van der Waals surface area contributed by atoms with E-state index in [4.69, 9.17) is 0 Å². The average molecular weight is 314 g/mol. The van der Waals surface area contributed by atoms with Crippen LogP contribution in [0.15, 0.2) is 0 Å². The zero-order valence-corrected chi connectivity index (χ0v) is 13.5. The second kappa shape index (κ2) is 9.78. The van der Waals surface area contributed by atoms with Gasteiger partial charge in [0.25, 0.3) is 0 Å². The van der Waals surface area contributed by atoms with Crippen LogP contribution in [0.25, 0.3) is 0 Å². The first-order chi connectivity index (χ1) is 6.78. The molecule has 0 nitrogen and oxygen atoms in total.